The highest BCUT2D eigenvalue weighted by atomic mass is 19.1. The number of hydrogen-bond donors (Lipinski definition) is 2. The van der Waals surface area contributed by atoms with Gasteiger partial charge in [-0.15, -0.1) is 0 Å². The number of halogens is 1. The van der Waals surface area contributed by atoms with Gasteiger partial charge in [-0.05, 0) is 25.5 Å². The first-order valence-electron chi connectivity index (χ1n) is 6.70. The average molecular weight is 278 g/mol. The molecule has 108 valence electrons. The van der Waals surface area contributed by atoms with Crippen molar-refractivity contribution in [2.75, 3.05) is 31.2 Å². The predicted molar refractivity (Wildman–Crippen MR) is 77.4 cm³/mol. The summed E-state index contributed by atoms with van der Waals surface area (Å²) in [5.74, 6) is -0.349. The molecule has 4 nitrogen and oxygen atoms in total. The van der Waals surface area contributed by atoms with Crippen LogP contribution in [0.25, 0.3) is 10.9 Å². The van der Waals surface area contributed by atoms with E-state index in [-0.39, 0.29) is 19.0 Å². The SMILES string of the molecule is Cc1cc(N(CCO)CCCO)c2cccc(F)c2n1. The lowest BCUT2D eigenvalue weighted by Crippen LogP contribution is -2.28. The number of hydrogen-bond acceptors (Lipinski definition) is 4. The number of aryl methyl sites for hydroxylation is 1. The Kier molecular flexibility index (Phi) is 4.87. The molecule has 0 atom stereocenters. The van der Waals surface area contributed by atoms with Crippen LogP contribution >= 0.6 is 0 Å². The molecule has 1 heterocycles. The highest BCUT2D eigenvalue weighted by Crippen LogP contribution is 2.28. The third kappa shape index (κ3) is 3.05. The van der Waals surface area contributed by atoms with E-state index in [1.807, 2.05) is 24.0 Å². The Morgan fingerprint density at radius 1 is 1.20 bits per heavy atom. The summed E-state index contributed by atoms with van der Waals surface area (Å²) in [5.41, 5.74) is 1.91. The van der Waals surface area contributed by atoms with E-state index in [4.69, 9.17) is 5.11 Å². The van der Waals surface area contributed by atoms with Crippen LogP contribution in [0.5, 0.6) is 0 Å². The summed E-state index contributed by atoms with van der Waals surface area (Å²) in [7, 11) is 0. The summed E-state index contributed by atoms with van der Waals surface area (Å²) in [5, 5.41) is 18.9. The van der Waals surface area contributed by atoms with Crippen LogP contribution in [-0.2, 0) is 0 Å². The molecule has 0 radical (unpaired) electrons. The number of fused-ring (bicyclic) bond motifs is 1. The molecule has 0 spiro atoms. The van der Waals surface area contributed by atoms with Crippen LogP contribution < -0.4 is 4.90 Å². The number of aliphatic hydroxyl groups is 2. The zero-order valence-corrected chi connectivity index (χ0v) is 11.5. The Morgan fingerprint density at radius 2 is 2.00 bits per heavy atom. The molecule has 0 aliphatic carbocycles. The van der Waals surface area contributed by atoms with Crippen LogP contribution in [0.4, 0.5) is 10.1 Å². The van der Waals surface area contributed by atoms with Crippen molar-refractivity contribution >= 4 is 16.6 Å². The number of pyridine rings is 1. The monoisotopic (exact) mass is 278 g/mol. The molecule has 1 aromatic heterocycles. The van der Waals surface area contributed by atoms with Crippen molar-refractivity contribution in [1.29, 1.82) is 0 Å². The second kappa shape index (κ2) is 6.63. The van der Waals surface area contributed by atoms with E-state index in [0.717, 1.165) is 16.8 Å². The van der Waals surface area contributed by atoms with Gasteiger partial charge in [0.25, 0.3) is 0 Å². The summed E-state index contributed by atoms with van der Waals surface area (Å²) < 4.78 is 13.9. The predicted octanol–water partition coefficient (Wildman–Crippen LogP) is 1.86. The number of nitrogens with zero attached hydrogens (tertiary/aromatic N) is 2. The minimum absolute atomic E-state index is 0.00358. The molecule has 5 heteroatoms. The second-order valence-electron chi connectivity index (χ2n) is 4.71. The molecule has 20 heavy (non-hydrogen) atoms. The van der Waals surface area contributed by atoms with Gasteiger partial charge in [-0.2, -0.15) is 0 Å². The zero-order valence-electron chi connectivity index (χ0n) is 11.5. The van der Waals surface area contributed by atoms with E-state index in [1.165, 1.54) is 6.07 Å². The molecule has 0 unspecified atom stereocenters. The van der Waals surface area contributed by atoms with Gasteiger partial charge in [0.05, 0.1) is 6.61 Å². The first kappa shape index (κ1) is 14.7. The van der Waals surface area contributed by atoms with Gasteiger partial charge in [0, 0.05) is 36.5 Å². The topological polar surface area (TPSA) is 56.6 Å². The third-order valence-corrected chi connectivity index (χ3v) is 3.19. The molecule has 0 aliphatic rings. The van der Waals surface area contributed by atoms with Crippen LogP contribution in [0.3, 0.4) is 0 Å². The van der Waals surface area contributed by atoms with Gasteiger partial charge in [0.2, 0.25) is 0 Å². The molecule has 2 aromatic rings. The van der Waals surface area contributed by atoms with Gasteiger partial charge in [0.1, 0.15) is 11.3 Å². The van der Waals surface area contributed by atoms with Crippen molar-refractivity contribution in [2.45, 2.75) is 13.3 Å². The minimum atomic E-state index is -0.349. The van der Waals surface area contributed by atoms with Crippen molar-refractivity contribution in [3.05, 3.63) is 35.8 Å². The molecular formula is C15H19FN2O2. The molecule has 0 fully saturated rings. The zero-order chi connectivity index (χ0) is 14.5. The van der Waals surface area contributed by atoms with E-state index in [9.17, 15) is 9.50 Å². The van der Waals surface area contributed by atoms with Gasteiger partial charge < -0.3 is 15.1 Å². The van der Waals surface area contributed by atoms with Gasteiger partial charge in [-0.25, -0.2) is 9.37 Å². The van der Waals surface area contributed by atoms with Crippen molar-refractivity contribution in [3.8, 4) is 0 Å². The first-order valence-corrected chi connectivity index (χ1v) is 6.70. The summed E-state index contributed by atoms with van der Waals surface area (Å²) in [6.07, 6.45) is 0.595. The quantitative estimate of drug-likeness (QED) is 0.847. The second-order valence-corrected chi connectivity index (χ2v) is 4.71. The van der Waals surface area contributed by atoms with Crippen molar-refractivity contribution in [2.24, 2.45) is 0 Å². The highest BCUT2D eigenvalue weighted by Gasteiger charge is 2.13. The molecule has 2 N–H and O–H groups in total. The minimum Gasteiger partial charge on any atom is -0.396 e. The standard InChI is InChI=1S/C15H19FN2O2/c1-11-10-14(18(7-9-20)6-3-8-19)12-4-2-5-13(16)15(12)17-11/h2,4-5,10,19-20H,3,6-9H2,1H3. The van der Waals surface area contributed by atoms with Gasteiger partial charge in [-0.1, -0.05) is 12.1 Å². The highest BCUT2D eigenvalue weighted by molar-refractivity contribution is 5.92. The summed E-state index contributed by atoms with van der Waals surface area (Å²) in [6.45, 7) is 2.95. The van der Waals surface area contributed by atoms with Crippen LogP contribution in [-0.4, -0.2) is 41.5 Å². The average Bonchev–Trinajstić information content (AvgIpc) is 2.44. The van der Waals surface area contributed by atoms with E-state index in [2.05, 4.69) is 4.98 Å². The van der Waals surface area contributed by atoms with Gasteiger partial charge >= 0.3 is 0 Å². The Labute approximate surface area is 117 Å². The number of para-hydroxylation sites is 1. The Bertz CT molecular complexity index is 589. The van der Waals surface area contributed by atoms with E-state index in [1.54, 1.807) is 6.07 Å². The normalized spacial score (nSPS) is 11.0. The lowest BCUT2D eigenvalue weighted by Gasteiger charge is -2.25. The molecule has 0 aliphatic heterocycles. The van der Waals surface area contributed by atoms with Crippen molar-refractivity contribution in [1.82, 2.24) is 4.98 Å². The molecular weight excluding hydrogens is 259 g/mol. The first-order chi connectivity index (χ1) is 9.67. The van der Waals surface area contributed by atoms with Crippen LogP contribution in [0.1, 0.15) is 12.1 Å². The molecule has 2 rings (SSSR count). The fourth-order valence-electron chi connectivity index (χ4n) is 2.32. The Morgan fingerprint density at radius 3 is 2.70 bits per heavy atom. The van der Waals surface area contributed by atoms with Crippen LogP contribution in [0, 0.1) is 12.7 Å². The maximum atomic E-state index is 13.9. The molecule has 0 bridgehead atoms. The van der Waals surface area contributed by atoms with Crippen molar-refractivity contribution < 1.29 is 14.6 Å². The summed E-state index contributed by atoms with van der Waals surface area (Å²) in [4.78, 5) is 6.20. The number of aliphatic hydroxyl groups excluding tert-OH is 2. The van der Waals surface area contributed by atoms with E-state index < -0.39 is 0 Å². The molecule has 1 aromatic carbocycles. The Hall–Kier alpha value is -1.72. The maximum Gasteiger partial charge on any atom is 0.149 e. The molecule has 0 saturated carbocycles. The van der Waals surface area contributed by atoms with E-state index in [0.29, 0.717) is 25.0 Å². The Balaban J connectivity index is 2.52. The fourth-order valence-corrected chi connectivity index (χ4v) is 2.32. The lowest BCUT2D eigenvalue weighted by molar-refractivity contribution is 0.281. The number of benzene rings is 1. The van der Waals surface area contributed by atoms with Gasteiger partial charge in [-0.3, -0.25) is 0 Å². The lowest BCUT2D eigenvalue weighted by atomic mass is 10.1. The van der Waals surface area contributed by atoms with Crippen LogP contribution in [0.15, 0.2) is 24.3 Å². The van der Waals surface area contributed by atoms with E-state index >= 15 is 0 Å². The molecule has 0 amide bonds. The molecule has 0 saturated heterocycles. The third-order valence-electron chi connectivity index (χ3n) is 3.19. The largest absolute Gasteiger partial charge is 0.396 e. The maximum absolute atomic E-state index is 13.9. The van der Waals surface area contributed by atoms with Crippen LogP contribution in [0.2, 0.25) is 0 Å². The summed E-state index contributed by atoms with van der Waals surface area (Å²) in [6, 6.07) is 6.75. The number of anilines is 1. The van der Waals surface area contributed by atoms with Gasteiger partial charge in [0.15, 0.2) is 0 Å². The number of aromatic nitrogens is 1. The van der Waals surface area contributed by atoms with Crippen molar-refractivity contribution in [3.63, 3.8) is 0 Å². The smallest absolute Gasteiger partial charge is 0.149 e. The summed E-state index contributed by atoms with van der Waals surface area (Å²) >= 11 is 0. The fraction of sp³-hybridized carbons (Fsp3) is 0.400. The number of rotatable bonds is 6.